The van der Waals surface area contributed by atoms with Crippen molar-refractivity contribution in [1.82, 2.24) is 9.55 Å². The molecule has 164 valence electrons. The van der Waals surface area contributed by atoms with E-state index < -0.39 is 11.2 Å². The van der Waals surface area contributed by atoms with Crippen LogP contribution in [0.2, 0.25) is 0 Å². The zero-order chi connectivity index (χ0) is 22.1. The van der Waals surface area contributed by atoms with Crippen molar-refractivity contribution in [3.05, 3.63) is 50.7 Å². The van der Waals surface area contributed by atoms with E-state index in [1.54, 1.807) is 6.92 Å². The fourth-order valence-corrected chi connectivity index (χ4v) is 3.24. The van der Waals surface area contributed by atoms with Gasteiger partial charge in [0.05, 0.1) is 6.61 Å². The van der Waals surface area contributed by atoms with Crippen LogP contribution in [0.4, 0.5) is 11.5 Å². The van der Waals surface area contributed by atoms with E-state index in [2.05, 4.69) is 4.98 Å². The van der Waals surface area contributed by atoms with Gasteiger partial charge in [-0.2, -0.15) is 0 Å². The van der Waals surface area contributed by atoms with Crippen LogP contribution in [-0.2, 0) is 11.3 Å². The number of aryl methyl sites for hydroxylation is 1. The van der Waals surface area contributed by atoms with Crippen LogP contribution in [0.1, 0.15) is 51.5 Å². The molecule has 1 aromatic heterocycles. The number of carbonyl (C=O) groups is 1. The van der Waals surface area contributed by atoms with Crippen LogP contribution < -0.4 is 26.6 Å². The third kappa shape index (κ3) is 5.98. The highest BCUT2D eigenvalue weighted by molar-refractivity contribution is 5.95. The molecule has 0 bridgehead atoms. The highest BCUT2D eigenvalue weighted by Crippen LogP contribution is 2.19. The van der Waals surface area contributed by atoms with Crippen molar-refractivity contribution in [1.29, 1.82) is 0 Å². The number of rotatable bonds is 11. The van der Waals surface area contributed by atoms with Crippen molar-refractivity contribution in [2.45, 2.75) is 59.4 Å². The lowest BCUT2D eigenvalue weighted by atomic mass is 10.2. The lowest BCUT2D eigenvalue weighted by Gasteiger charge is -2.23. The predicted octanol–water partition coefficient (Wildman–Crippen LogP) is 2.83. The van der Waals surface area contributed by atoms with Gasteiger partial charge in [0.25, 0.3) is 5.56 Å². The van der Waals surface area contributed by atoms with Crippen molar-refractivity contribution >= 4 is 17.4 Å². The Bertz CT molecular complexity index is 964. The summed E-state index contributed by atoms with van der Waals surface area (Å²) in [6, 6.07) is 7.81. The molecule has 1 amide bonds. The molecule has 8 heteroatoms. The average molecular weight is 417 g/mol. The smallest absolute Gasteiger partial charge is 0.330 e. The minimum atomic E-state index is -0.636. The second-order valence-corrected chi connectivity index (χ2v) is 7.26. The van der Waals surface area contributed by atoms with E-state index in [0.29, 0.717) is 26.0 Å². The summed E-state index contributed by atoms with van der Waals surface area (Å²) in [5, 5.41) is 0. The molecule has 0 radical (unpaired) electrons. The number of unbranched alkanes of at least 4 members (excludes halogenated alkanes) is 2. The number of anilines is 2. The number of carbonyl (C=O) groups excluding carboxylic acids is 1. The zero-order valence-electron chi connectivity index (χ0n) is 18.1. The number of nitrogens with one attached hydrogen (secondary N) is 1. The third-order valence-corrected chi connectivity index (χ3v) is 4.88. The summed E-state index contributed by atoms with van der Waals surface area (Å²) in [6.45, 7) is 6.97. The van der Waals surface area contributed by atoms with Crippen LogP contribution in [0.15, 0.2) is 33.9 Å². The minimum Gasteiger partial charge on any atom is -0.494 e. The highest BCUT2D eigenvalue weighted by Gasteiger charge is 2.22. The van der Waals surface area contributed by atoms with E-state index in [1.165, 1.54) is 9.47 Å². The van der Waals surface area contributed by atoms with E-state index >= 15 is 0 Å². The first-order valence-corrected chi connectivity index (χ1v) is 10.5. The Morgan fingerprint density at radius 2 is 1.97 bits per heavy atom. The van der Waals surface area contributed by atoms with Crippen LogP contribution in [0.3, 0.4) is 0 Å². The lowest BCUT2D eigenvalue weighted by Crippen LogP contribution is -2.41. The SMILES string of the molecule is CCCCn1c(N)c(N(CC)C(=O)CCCCOc2cccc(C)c2)c(=O)[nH]c1=O. The summed E-state index contributed by atoms with van der Waals surface area (Å²) in [5.41, 5.74) is 6.12. The van der Waals surface area contributed by atoms with E-state index in [0.717, 1.165) is 24.2 Å². The first kappa shape index (κ1) is 23.3. The van der Waals surface area contributed by atoms with Crippen molar-refractivity contribution in [2.24, 2.45) is 0 Å². The molecule has 0 saturated carbocycles. The summed E-state index contributed by atoms with van der Waals surface area (Å²) in [7, 11) is 0. The summed E-state index contributed by atoms with van der Waals surface area (Å²) < 4.78 is 7.03. The van der Waals surface area contributed by atoms with E-state index in [4.69, 9.17) is 10.5 Å². The molecule has 0 unspecified atom stereocenters. The van der Waals surface area contributed by atoms with Crippen molar-refractivity contribution in [2.75, 3.05) is 23.8 Å². The third-order valence-electron chi connectivity index (χ3n) is 4.88. The maximum absolute atomic E-state index is 12.8. The zero-order valence-corrected chi connectivity index (χ0v) is 18.1. The molecule has 0 aliphatic heterocycles. The van der Waals surface area contributed by atoms with Crippen molar-refractivity contribution < 1.29 is 9.53 Å². The molecule has 8 nitrogen and oxygen atoms in total. The standard InChI is InChI=1S/C22H32N4O4/c1-4-6-13-26-20(23)19(21(28)24-22(26)29)25(5-2)18(27)12-7-8-14-30-17-11-9-10-16(3)15-17/h9-11,15H,4-8,12-14,23H2,1-3H3,(H,24,28,29). The van der Waals surface area contributed by atoms with E-state index in [-0.39, 0.29) is 30.4 Å². The molecule has 30 heavy (non-hydrogen) atoms. The Balaban J connectivity index is 2.00. The highest BCUT2D eigenvalue weighted by atomic mass is 16.5. The van der Waals surface area contributed by atoms with Crippen LogP contribution in [0.25, 0.3) is 0 Å². The molecule has 1 aromatic carbocycles. The van der Waals surface area contributed by atoms with E-state index in [1.807, 2.05) is 38.1 Å². The second kappa shape index (κ2) is 11.2. The number of benzene rings is 1. The molecule has 0 spiro atoms. The molecule has 0 fully saturated rings. The normalized spacial score (nSPS) is 10.8. The van der Waals surface area contributed by atoms with Gasteiger partial charge >= 0.3 is 5.69 Å². The maximum atomic E-state index is 12.8. The Kier molecular flexibility index (Phi) is 8.70. The summed E-state index contributed by atoms with van der Waals surface area (Å²) in [6.07, 6.45) is 3.21. The number of nitrogens with zero attached hydrogens (tertiary/aromatic N) is 2. The fraction of sp³-hybridized carbons (Fsp3) is 0.500. The van der Waals surface area contributed by atoms with Gasteiger partial charge < -0.3 is 15.4 Å². The number of aromatic amines is 1. The van der Waals surface area contributed by atoms with Crippen LogP contribution in [0, 0.1) is 6.92 Å². The van der Waals surface area contributed by atoms with Gasteiger partial charge in [-0.15, -0.1) is 0 Å². The van der Waals surface area contributed by atoms with Crippen molar-refractivity contribution in [3.8, 4) is 5.75 Å². The predicted molar refractivity (Wildman–Crippen MR) is 119 cm³/mol. The number of nitrogen functional groups attached to an aromatic ring is 1. The molecule has 0 saturated heterocycles. The monoisotopic (exact) mass is 416 g/mol. The van der Waals surface area contributed by atoms with Crippen LogP contribution in [-0.4, -0.2) is 28.6 Å². The topological polar surface area (TPSA) is 110 Å². The number of nitrogens with two attached hydrogens (primary N) is 1. The molecule has 3 N–H and O–H groups in total. The molecule has 2 rings (SSSR count). The van der Waals surface area contributed by atoms with Gasteiger partial charge in [0, 0.05) is 19.5 Å². The minimum absolute atomic E-state index is 0.0372. The molecule has 0 atom stereocenters. The number of H-pyrrole nitrogens is 1. The van der Waals surface area contributed by atoms with Crippen LogP contribution in [0.5, 0.6) is 5.75 Å². The fourth-order valence-electron chi connectivity index (χ4n) is 3.24. The summed E-state index contributed by atoms with van der Waals surface area (Å²) in [5.74, 6) is 0.645. The quantitative estimate of drug-likeness (QED) is 0.547. The second-order valence-electron chi connectivity index (χ2n) is 7.26. The van der Waals surface area contributed by atoms with Gasteiger partial charge in [-0.3, -0.25) is 19.1 Å². The summed E-state index contributed by atoms with van der Waals surface area (Å²) in [4.78, 5) is 40.9. The molecule has 1 heterocycles. The number of amides is 1. The van der Waals surface area contributed by atoms with Gasteiger partial charge in [0.2, 0.25) is 5.91 Å². The Morgan fingerprint density at radius 3 is 2.63 bits per heavy atom. The first-order chi connectivity index (χ1) is 14.4. The van der Waals surface area contributed by atoms with Gasteiger partial charge in [-0.05, 0) is 50.8 Å². The Hall–Kier alpha value is -3.03. The number of aromatic nitrogens is 2. The van der Waals surface area contributed by atoms with Crippen molar-refractivity contribution in [3.63, 3.8) is 0 Å². The van der Waals surface area contributed by atoms with Gasteiger partial charge in [0.15, 0.2) is 5.69 Å². The molecular formula is C22H32N4O4. The lowest BCUT2D eigenvalue weighted by molar-refractivity contribution is -0.118. The Labute approximate surface area is 176 Å². The number of ether oxygens (including phenoxy) is 1. The van der Waals surface area contributed by atoms with E-state index in [9.17, 15) is 14.4 Å². The molecule has 2 aromatic rings. The molecule has 0 aliphatic carbocycles. The largest absolute Gasteiger partial charge is 0.494 e. The number of hydrogen-bond acceptors (Lipinski definition) is 5. The van der Waals surface area contributed by atoms with Gasteiger partial charge in [-0.25, -0.2) is 4.79 Å². The van der Waals surface area contributed by atoms with Gasteiger partial charge in [0.1, 0.15) is 11.6 Å². The summed E-state index contributed by atoms with van der Waals surface area (Å²) >= 11 is 0. The maximum Gasteiger partial charge on any atom is 0.330 e. The number of hydrogen-bond donors (Lipinski definition) is 2. The Morgan fingerprint density at radius 1 is 1.20 bits per heavy atom. The first-order valence-electron chi connectivity index (χ1n) is 10.5. The van der Waals surface area contributed by atoms with Crippen LogP contribution >= 0.6 is 0 Å². The molecular weight excluding hydrogens is 384 g/mol. The van der Waals surface area contributed by atoms with Gasteiger partial charge in [-0.1, -0.05) is 25.5 Å². The average Bonchev–Trinajstić information content (AvgIpc) is 2.70. The molecule has 0 aliphatic rings.